The molecule has 5 nitrogen and oxygen atoms in total. The van der Waals surface area contributed by atoms with Crippen molar-refractivity contribution in [2.24, 2.45) is 11.8 Å². The highest BCUT2D eigenvalue weighted by Gasteiger charge is 2.10. The fraction of sp³-hybridized carbons (Fsp3) is 0.647. The molecule has 0 radical (unpaired) electrons. The smallest absolute Gasteiger partial charge is 0.321 e. The van der Waals surface area contributed by atoms with Crippen molar-refractivity contribution in [2.75, 3.05) is 33.2 Å². The topological polar surface area (TPSA) is 59.4 Å². The zero-order chi connectivity index (χ0) is 30.5. The van der Waals surface area contributed by atoms with Crippen LogP contribution in [-0.2, 0) is 0 Å². The van der Waals surface area contributed by atoms with Gasteiger partial charge in [-0.3, -0.25) is 0 Å². The van der Waals surface area contributed by atoms with E-state index in [0.717, 1.165) is 12.3 Å². The van der Waals surface area contributed by atoms with Crippen LogP contribution in [0, 0.1) is 23.2 Å². The molecule has 2 atom stereocenters. The van der Waals surface area contributed by atoms with Gasteiger partial charge in [0.1, 0.15) is 0 Å². The van der Waals surface area contributed by atoms with Crippen molar-refractivity contribution in [1.82, 2.24) is 15.1 Å². The second-order valence-electron chi connectivity index (χ2n) is 9.03. The van der Waals surface area contributed by atoms with Crippen molar-refractivity contribution in [1.29, 1.82) is 5.26 Å². The second kappa shape index (κ2) is 30.0. The molecule has 0 aromatic rings. The van der Waals surface area contributed by atoms with Crippen LogP contribution in [0.25, 0.3) is 0 Å². The van der Waals surface area contributed by atoms with E-state index in [0.29, 0.717) is 12.2 Å². The van der Waals surface area contributed by atoms with Gasteiger partial charge in [-0.15, -0.1) is 0 Å². The van der Waals surface area contributed by atoms with Crippen LogP contribution in [0.15, 0.2) is 60.4 Å². The molecular formula is C34H62N4O. The number of urea groups is 1. The molecule has 0 aromatic heterocycles. The summed E-state index contributed by atoms with van der Waals surface area (Å²) in [5, 5.41) is 11.4. The summed E-state index contributed by atoms with van der Waals surface area (Å²) in [7, 11) is 1.74. The molecule has 2 amide bonds. The monoisotopic (exact) mass is 542 g/mol. The number of nitrogens with one attached hydrogen (secondary N) is 1. The van der Waals surface area contributed by atoms with E-state index < -0.39 is 0 Å². The average molecular weight is 543 g/mol. The molecule has 0 aliphatic heterocycles. The highest BCUT2D eigenvalue weighted by atomic mass is 16.2. The summed E-state index contributed by atoms with van der Waals surface area (Å²) in [5.74, 6) is 0.602. The van der Waals surface area contributed by atoms with E-state index in [4.69, 9.17) is 5.26 Å². The number of hydrogen-bond donors (Lipinski definition) is 1. The maximum Gasteiger partial charge on any atom is 0.321 e. The van der Waals surface area contributed by atoms with E-state index >= 15 is 0 Å². The lowest BCUT2D eigenvalue weighted by molar-refractivity contribution is 0.212. The van der Waals surface area contributed by atoms with Gasteiger partial charge in [0.15, 0.2) is 0 Å². The zero-order valence-electron chi connectivity index (χ0n) is 27.2. The van der Waals surface area contributed by atoms with Crippen molar-refractivity contribution in [3.05, 3.63) is 60.4 Å². The van der Waals surface area contributed by atoms with Crippen LogP contribution in [0.4, 0.5) is 4.79 Å². The van der Waals surface area contributed by atoms with Crippen LogP contribution in [0.5, 0.6) is 0 Å². The molecule has 0 saturated carbocycles. The molecule has 1 aliphatic carbocycles. The third kappa shape index (κ3) is 23.1. The molecule has 0 spiro atoms. The van der Waals surface area contributed by atoms with E-state index in [1.807, 2.05) is 34.6 Å². The Balaban J connectivity index is -0.000000589. The van der Waals surface area contributed by atoms with Gasteiger partial charge < -0.3 is 15.1 Å². The highest BCUT2D eigenvalue weighted by molar-refractivity contribution is 5.76. The summed E-state index contributed by atoms with van der Waals surface area (Å²) in [4.78, 5) is 15.9. The van der Waals surface area contributed by atoms with Crippen LogP contribution in [0.2, 0.25) is 0 Å². The Hall–Kier alpha value is -2.58. The van der Waals surface area contributed by atoms with Gasteiger partial charge in [-0.2, -0.15) is 5.26 Å². The number of carbonyl (C=O) groups excluding carboxylic acids is 1. The van der Waals surface area contributed by atoms with E-state index in [2.05, 4.69) is 61.9 Å². The first-order valence-electron chi connectivity index (χ1n) is 15.4. The van der Waals surface area contributed by atoms with Gasteiger partial charge in [0, 0.05) is 19.3 Å². The van der Waals surface area contributed by atoms with Gasteiger partial charge in [-0.1, -0.05) is 104 Å². The van der Waals surface area contributed by atoms with Crippen LogP contribution >= 0.6 is 0 Å². The fourth-order valence-corrected chi connectivity index (χ4v) is 3.72. The van der Waals surface area contributed by atoms with Crippen molar-refractivity contribution < 1.29 is 4.79 Å². The number of rotatable bonds is 13. The Bertz CT molecular complexity index is 754. The van der Waals surface area contributed by atoms with Gasteiger partial charge in [-0.05, 0) is 76.7 Å². The van der Waals surface area contributed by atoms with Crippen LogP contribution in [0.3, 0.4) is 0 Å². The molecule has 0 aromatic carbocycles. The minimum atomic E-state index is -0.191. The van der Waals surface area contributed by atoms with E-state index in [-0.39, 0.29) is 11.9 Å². The molecule has 5 heteroatoms. The lowest BCUT2D eigenvalue weighted by Crippen LogP contribution is -2.36. The van der Waals surface area contributed by atoms with Crippen molar-refractivity contribution in [2.45, 2.75) is 101 Å². The molecular weight excluding hydrogens is 480 g/mol. The molecule has 1 aliphatic rings. The molecule has 39 heavy (non-hydrogen) atoms. The Kier molecular flexibility index (Phi) is 31.4. The Morgan fingerprint density at radius 1 is 1.15 bits per heavy atom. The number of amides is 2. The summed E-state index contributed by atoms with van der Waals surface area (Å²) in [6.07, 6.45) is 21.4. The average Bonchev–Trinajstić information content (AvgIpc) is 3.20. The number of hydrogen-bond acceptors (Lipinski definition) is 3. The normalized spacial score (nSPS) is 15.2. The second-order valence-corrected chi connectivity index (χ2v) is 9.03. The Morgan fingerprint density at radius 3 is 2.31 bits per heavy atom. The predicted molar refractivity (Wildman–Crippen MR) is 174 cm³/mol. The number of carbonyl (C=O) groups is 1. The molecule has 0 saturated heterocycles. The molecule has 2 unspecified atom stereocenters. The van der Waals surface area contributed by atoms with Gasteiger partial charge in [0.25, 0.3) is 0 Å². The third-order valence-electron chi connectivity index (χ3n) is 6.00. The largest absolute Gasteiger partial charge is 0.328 e. The number of allylic oxidation sites excluding steroid dienone is 8. The minimum absolute atomic E-state index is 0.167. The van der Waals surface area contributed by atoms with Gasteiger partial charge in [0.05, 0.1) is 12.0 Å². The molecule has 0 bridgehead atoms. The minimum Gasteiger partial charge on any atom is -0.328 e. The van der Waals surface area contributed by atoms with Crippen LogP contribution in [-0.4, -0.2) is 49.1 Å². The standard InChI is InChI=1S/C16H29N.C14H21N3O.2C2H6/c1-4-8-15-9-7-10-16(12-11-15)13-14-17(5-2)6-3;1-5-7-13(9-8-12(3)11-15)16-14(18)17(4)10-6-2;2*1-2/h9,11-12,16H,4-8,10,13-14H2,1-3H3;5,7-9,12H,1,6,10H2,2-4H3,(H,16,18);2*1-2H3/b;9-8-,13-7+;;. The summed E-state index contributed by atoms with van der Waals surface area (Å²) < 4.78 is 0. The van der Waals surface area contributed by atoms with Gasteiger partial charge >= 0.3 is 6.03 Å². The molecule has 1 N–H and O–H groups in total. The summed E-state index contributed by atoms with van der Waals surface area (Å²) >= 11 is 0. The van der Waals surface area contributed by atoms with Crippen molar-refractivity contribution in [3.8, 4) is 6.07 Å². The fourth-order valence-electron chi connectivity index (χ4n) is 3.72. The lowest BCUT2D eigenvalue weighted by atomic mass is 10.00. The number of nitriles is 1. The number of nitrogens with zero attached hydrogens (tertiary/aromatic N) is 3. The van der Waals surface area contributed by atoms with E-state index in [1.54, 1.807) is 48.7 Å². The zero-order valence-corrected chi connectivity index (χ0v) is 27.2. The third-order valence-corrected chi connectivity index (χ3v) is 6.00. The quantitative estimate of drug-likeness (QED) is 0.236. The van der Waals surface area contributed by atoms with Crippen molar-refractivity contribution >= 4 is 6.03 Å². The SMILES string of the molecule is C=C/C=C(\C=C/C(C)C#N)NC(=O)N(C)CCC.CC.CC.CCCC1=CCCC(CCN(CC)CC)C=C1. The van der Waals surface area contributed by atoms with Gasteiger partial charge in [0.2, 0.25) is 0 Å². The van der Waals surface area contributed by atoms with Crippen LogP contribution < -0.4 is 5.32 Å². The summed E-state index contributed by atoms with van der Waals surface area (Å²) in [6, 6.07) is 1.93. The summed E-state index contributed by atoms with van der Waals surface area (Å²) in [5.41, 5.74) is 2.18. The van der Waals surface area contributed by atoms with E-state index in [9.17, 15) is 4.79 Å². The summed E-state index contributed by atoms with van der Waals surface area (Å²) in [6.45, 7) is 26.5. The lowest BCUT2D eigenvalue weighted by Gasteiger charge is -2.20. The predicted octanol–water partition coefficient (Wildman–Crippen LogP) is 9.29. The first-order valence-corrected chi connectivity index (χ1v) is 15.4. The Labute approximate surface area is 243 Å². The molecule has 224 valence electrons. The maximum atomic E-state index is 11.8. The Morgan fingerprint density at radius 2 is 1.79 bits per heavy atom. The van der Waals surface area contributed by atoms with E-state index in [1.165, 1.54) is 51.7 Å². The molecule has 0 fully saturated rings. The van der Waals surface area contributed by atoms with Crippen LogP contribution in [0.1, 0.15) is 101 Å². The highest BCUT2D eigenvalue weighted by Crippen LogP contribution is 2.21. The first kappa shape index (κ1) is 40.9. The molecule has 1 rings (SSSR count). The van der Waals surface area contributed by atoms with Crippen molar-refractivity contribution in [3.63, 3.8) is 0 Å². The first-order chi connectivity index (χ1) is 18.8. The molecule has 0 heterocycles. The van der Waals surface area contributed by atoms with Gasteiger partial charge in [-0.25, -0.2) is 4.79 Å². The maximum absolute atomic E-state index is 11.8.